The van der Waals surface area contributed by atoms with Gasteiger partial charge in [0, 0.05) is 12.4 Å². The van der Waals surface area contributed by atoms with E-state index in [1.54, 1.807) is 0 Å². The molecule has 2 aromatic heterocycles. The van der Waals surface area contributed by atoms with Crippen LogP contribution in [-0.4, -0.2) is 32.1 Å². The van der Waals surface area contributed by atoms with E-state index >= 15 is 0 Å². The summed E-state index contributed by atoms with van der Waals surface area (Å²) in [7, 11) is 0. The molecule has 18 heavy (non-hydrogen) atoms. The van der Waals surface area contributed by atoms with Crippen LogP contribution in [0.5, 0.6) is 0 Å². The maximum Gasteiger partial charge on any atom is 0.450 e. The van der Waals surface area contributed by atoms with E-state index in [9.17, 15) is 18.0 Å². The number of alkyl halides is 3. The Morgan fingerprint density at radius 1 is 1.33 bits per heavy atom. The summed E-state index contributed by atoms with van der Waals surface area (Å²) in [4.78, 5) is 21.9. The first-order valence-corrected chi connectivity index (χ1v) is 4.66. The second-order valence-electron chi connectivity index (χ2n) is 3.20. The van der Waals surface area contributed by atoms with Crippen molar-refractivity contribution in [2.24, 2.45) is 0 Å². The molecule has 0 fully saturated rings. The molecule has 0 radical (unpaired) electrons. The molecule has 2 rings (SSSR count). The van der Waals surface area contributed by atoms with E-state index in [1.807, 2.05) is 0 Å². The van der Waals surface area contributed by atoms with Gasteiger partial charge in [-0.25, -0.2) is 4.98 Å². The zero-order valence-electron chi connectivity index (χ0n) is 8.68. The lowest BCUT2D eigenvalue weighted by Crippen LogP contribution is -2.24. The molecular weight excluding hydrogens is 253 g/mol. The number of nitrogens with zero attached hydrogens (tertiary/aromatic N) is 4. The molecule has 0 aliphatic heterocycles. The summed E-state index contributed by atoms with van der Waals surface area (Å²) in [5.41, 5.74) is 0.243. The molecule has 0 bridgehead atoms. The second kappa shape index (κ2) is 4.51. The summed E-state index contributed by atoms with van der Waals surface area (Å²) in [5.74, 6) is -2.39. The molecule has 0 aromatic carbocycles. The second-order valence-corrected chi connectivity index (χ2v) is 3.20. The average molecular weight is 258 g/mol. The van der Waals surface area contributed by atoms with Crippen molar-refractivity contribution >= 4 is 5.78 Å². The molecule has 6 nitrogen and oxygen atoms in total. The number of rotatable bonds is 3. The Hall–Kier alpha value is -2.32. The minimum absolute atomic E-state index is 0.0203. The Morgan fingerprint density at radius 2 is 2.11 bits per heavy atom. The maximum absolute atomic E-state index is 12.0. The van der Waals surface area contributed by atoms with Crippen LogP contribution in [0, 0.1) is 0 Å². The van der Waals surface area contributed by atoms with Gasteiger partial charge in [-0.2, -0.15) is 18.2 Å². The number of hydrogen-bond donors (Lipinski definition) is 0. The van der Waals surface area contributed by atoms with Gasteiger partial charge in [0.15, 0.2) is 0 Å². The predicted molar refractivity (Wildman–Crippen MR) is 50.1 cm³/mol. The third-order valence-corrected chi connectivity index (χ3v) is 1.89. The van der Waals surface area contributed by atoms with Gasteiger partial charge < -0.3 is 4.52 Å². The van der Waals surface area contributed by atoms with Gasteiger partial charge in [0.05, 0.1) is 12.6 Å². The number of carbonyl (C=O) groups is 1. The molecule has 2 heterocycles. The summed E-state index contributed by atoms with van der Waals surface area (Å²) < 4.78 is 40.5. The zero-order valence-corrected chi connectivity index (χ0v) is 8.68. The Kier molecular flexibility index (Phi) is 3.04. The van der Waals surface area contributed by atoms with Crippen molar-refractivity contribution in [2.75, 3.05) is 0 Å². The van der Waals surface area contributed by atoms with Gasteiger partial charge in [-0.1, -0.05) is 5.16 Å². The monoisotopic (exact) mass is 258 g/mol. The highest BCUT2D eigenvalue weighted by Crippen LogP contribution is 2.19. The summed E-state index contributed by atoms with van der Waals surface area (Å²) in [6.07, 6.45) is -1.80. The van der Waals surface area contributed by atoms with Crippen LogP contribution in [0.4, 0.5) is 13.2 Å². The van der Waals surface area contributed by atoms with Gasteiger partial charge in [0.2, 0.25) is 17.5 Å². The Bertz CT molecular complexity index is 552. The lowest BCUT2D eigenvalue weighted by atomic mass is 10.3. The highest BCUT2D eigenvalue weighted by Gasteiger charge is 2.39. The molecule has 0 saturated carbocycles. The van der Waals surface area contributed by atoms with Crippen LogP contribution in [0.3, 0.4) is 0 Å². The van der Waals surface area contributed by atoms with Crippen LogP contribution in [0.1, 0.15) is 5.89 Å². The number of hydrogen-bond acceptors (Lipinski definition) is 6. The third-order valence-electron chi connectivity index (χ3n) is 1.89. The van der Waals surface area contributed by atoms with E-state index in [4.69, 9.17) is 0 Å². The van der Waals surface area contributed by atoms with Crippen LogP contribution >= 0.6 is 0 Å². The van der Waals surface area contributed by atoms with E-state index in [0.717, 1.165) is 0 Å². The van der Waals surface area contributed by atoms with Gasteiger partial charge in [0.1, 0.15) is 5.69 Å². The first-order chi connectivity index (χ1) is 8.47. The van der Waals surface area contributed by atoms with Crippen LogP contribution < -0.4 is 0 Å². The van der Waals surface area contributed by atoms with Crippen molar-refractivity contribution in [2.45, 2.75) is 12.6 Å². The van der Waals surface area contributed by atoms with Crippen molar-refractivity contribution in [3.05, 3.63) is 24.5 Å². The van der Waals surface area contributed by atoms with Crippen LogP contribution in [0.2, 0.25) is 0 Å². The third kappa shape index (κ3) is 2.67. The molecule has 0 N–H and O–H groups in total. The van der Waals surface area contributed by atoms with Crippen LogP contribution in [0.15, 0.2) is 23.1 Å². The smallest absolute Gasteiger partial charge is 0.338 e. The fourth-order valence-corrected chi connectivity index (χ4v) is 1.08. The molecular formula is C9H5F3N4O2. The lowest BCUT2D eigenvalue weighted by molar-refractivity contribution is -0.170. The fourth-order valence-electron chi connectivity index (χ4n) is 1.08. The van der Waals surface area contributed by atoms with E-state index in [-0.39, 0.29) is 11.5 Å². The zero-order chi connectivity index (χ0) is 13.2. The van der Waals surface area contributed by atoms with Gasteiger partial charge in [0.25, 0.3) is 0 Å². The first kappa shape index (κ1) is 12.1. The number of ketones is 1. The fraction of sp³-hybridized carbons (Fsp3) is 0.222. The number of Topliss-reactive ketones (excluding diaryl/α,β-unsaturated/α-hetero) is 1. The number of halogens is 3. The highest BCUT2D eigenvalue weighted by molar-refractivity contribution is 5.85. The molecule has 0 spiro atoms. The predicted octanol–water partition coefficient (Wildman–Crippen LogP) is 1.20. The molecule has 9 heteroatoms. The van der Waals surface area contributed by atoms with Crippen molar-refractivity contribution in [3.8, 4) is 11.5 Å². The van der Waals surface area contributed by atoms with Crippen LogP contribution in [0.25, 0.3) is 11.5 Å². The summed E-state index contributed by atoms with van der Waals surface area (Å²) in [6, 6.07) is 0. The topological polar surface area (TPSA) is 81.8 Å². The molecule has 94 valence electrons. The number of carbonyl (C=O) groups excluding carboxylic acids is 1. The van der Waals surface area contributed by atoms with Gasteiger partial charge in [-0.05, 0) is 0 Å². The molecule has 0 amide bonds. The Balaban J connectivity index is 2.15. The number of aromatic nitrogens is 4. The van der Waals surface area contributed by atoms with Gasteiger partial charge >= 0.3 is 6.18 Å². The summed E-state index contributed by atoms with van der Waals surface area (Å²) in [5, 5.41) is 3.41. The summed E-state index contributed by atoms with van der Waals surface area (Å²) in [6.45, 7) is 0. The van der Waals surface area contributed by atoms with Crippen molar-refractivity contribution < 1.29 is 22.5 Å². The largest absolute Gasteiger partial charge is 0.450 e. The first-order valence-electron chi connectivity index (χ1n) is 4.66. The summed E-state index contributed by atoms with van der Waals surface area (Å²) >= 11 is 0. The van der Waals surface area contributed by atoms with Crippen LogP contribution in [-0.2, 0) is 11.2 Å². The molecule has 0 aliphatic carbocycles. The minimum Gasteiger partial charge on any atom is -0.338 e. The molecule has 2 aromatic rings. The molecule has 0 saturated heterocycles. The standard InChI is InChI=1S/C9H5F3N4O2/c10-9(11,12)6(17)3-7-15-8(16-18-7)5-4-13-1-2-14-5/h1-2,4H,3H2. The van der Waals surface area contributed by atoms with Crippen molar-refractivity contribution in [1.82, 2.24) is 20.1 Å². The highest BCUT2D eigenvalue weighted by atomic mass is 19.4. The van der Waals surface area contributed by atoms with E-state index < -0.39 is 24.3 Å². The van der Waals surface area contributed by atoms with Crippen molar-refractivity contribution in [1.29, 1.82) is 0 Å². The van der Waals surface area contributed by atoms with E-state index in [0.29, 0.717) is 0 Å². The quantitative estimate of drug-likeness (QED) is 0.822. The Labute approximate surface area is 97.9 Å². The molecule has 0 unspecified atom stereocenters. The molecule has 0 aliphatic rings. The van der Waals surface area contributed by atoms with Gasteiger partial charge in [-0.3, -0.25) is 9.78 Å². The van der Waals surface area contributed by atoms with Gasteiger partial charge in [-0.15, -0.1) is 0 Å². The normalized spacial score (nSPS) is 11.5. The van der Waals surface area contributed by atoms with E-state index in [1.165, 1.54) is 18.6 Å². The van der Waals surface area contributed by atoms with E-state index in [2.05, 4.69) is 24.6 Å². The average Bonchev–Trinajstić information content (AvgIpc) is 2.77. The Morgan fingerprint density at radius 3 is 2.72 bits per heavy atom. The molecule has 0 atom stereocenters. The SMILES string of the molecule is O=C(Cc1nc(-c2cnccn2)no1)C(F)(F)F. The lowest BCUT2D eigenvalue weighted by Gasteiger charge is -2.00. The minimum atomic E-state index is -4.92. The van der Waals surface area contributed by atoms with Crippen molar-refractivity contribution in [3.63, 3.8) is 0 Å². The maximum atomic E-state index is 12.0.